The molecule has 0 radical (unpaired) electrons. The standard InChI is InChI=1S/C18H19N3O4S/c22-15(19-18(17(24)25)8-10-26-11-9-18)12-21-16(23)7-6-14(20-21)13-4-2-1-3-5-13/h1-7H,8-12H2,(H,19,22)(H,24,25). The van der Waals surface area contributed by atoms with Crippen molar-refractivity contribution in [3.05, 3.63) is 52.8 Å². The van der Waals surface area contributed by atoms with Crippen molar-refractivity contribution in [2.24, 2.45) is 0 Å². The highest BCUT2D eigenvalue weighted by Crippen LogP contribution is 2.27. The van der Waals surface area contributed by atoms with Gasteiger partial charge in [-0.2, -0.15) is 16.9 Å². The lowest BCUT2D eigenvalue weighted by atomic mass is 9.92. The Balaban J connectivity index is 1.79. The minimum absolute atomic E-state index is 0.318. The molecule has 1 aromatic carbocycles. The lowest BCUT2D eigenvalue weighted by molar-refractivity contribution is -0.148. The molecule has 7 nitrogen and oxygen atoms in total. The topological polar surface area (TPSA) is 101 Å². The number of carboxylic acids is 1. The Morgan fingerprint density at radius 1 is 1.15 bits per heavy atom. The first-order valence-corrected chi connectivity index (χ1v) is 9.41. The number of carbonyl (C=O) groups excluding carboxylic acids is 1. The van der Waals surface area contributed by atoms with Gasteiger partial charge in [0.25, 0.3) is 5.56 Å². The van der Waals surface area contributed by atoms with Gasteiger partial charge in [0.15, 0.2) is 0 Å². The summed E-state index contributed by atoms with van der Waals surface area (Å²) in [5.74, 6) is -0.216. The fourth-order valence-corrected chi connectivity index (χ4v) is 4.07. The van der Waals surface area contributed by atoms with Crippen LogP contribution in [0.15, 0.2) is 47.3 Å². The molecular weight excluding hydrogens is 354 g/mol. The van der Waals surface area contributed by atoms with Gasteiger partial charge in [0.05, 0.1) is 5.69 Å². The number of aromatic nitrogens is 2. The quantitative estimate of drug-likeness (QED) is 0.821. The number of benzene rings is 1. The van der Waals surface area contributed by atoms with Crippen molar-refractivity contribution in [1.29, 1.82) is 0 Å². The normalized spacial score (nSPS) is 16.0. The van der Waals surface area contributed by atoms with E-state index in [9.17, 15) is 19.5 Å². The molecule has 0 unspecified atom stereocenters. The van der Waals surface area contributed by atoms with Gasteiger partial charge in [-0.3, -0.25) is 9.59 Å². The van der Waals surface area contributed by atoms with Crippen molar-refractivity contribution in [2.45, 2.75) is 24.9 Å². The van der Waals surface area contributed by atoms with Gasteiger partial charge in [0.1, 0.15) is 12.1 Å². The maximum atomic E-state index is 12.4. The van der Waals surface area contributed by atoms with E-state index in [4.69, 9.17) is 0 Å². The number of carboxylic acid groups (broad SMARTS) is 1. The summed E-state index contributed by atoms with van der Waals surface area (Å²) in [6.45, 7) is -0.318. The minimum atomic E-state index is -1.26. The van der Waals surface area contributed by atoms with Crippen LogP contribution in [0.4, 0.5) is 0 Å². The zero-order valence-corrected chi connectivity index (χ0v) is 14.9. The molecule has 1 aliphatic rings. The maximum absolute atomic E-state index is 12.4. The van der Waals surface area contributed by atoms with Crippen molar-refractivity contribution < 1.29 is 14.7 Å². The summed E-state index contributed by atoms with van der Waals surface area (Å²) >= 11 is 1.67. The van der Waals surface area contributed by atoms with Gasteiger partial charge >= 0.3 is 5.97 Å². The van der Waals surface area contributed by atoms with Crippen LogP contribution in [0.2, 0.25) is 0 Å². The molecule has 0 spiro atoms. The predicted molar refractivity (Wildman–Crippen MR) is 99.0 cm³/mol. The van der Waals surface area contributed by atoms with Gasteiger partial charge in [0.2, 0.25) is 5.91 Å². The van der Waals surface area contributed by atoms with E-state index in [2.05, 4.69) is 10.4 Å². The minimum Gasteiger partial charge on any atom is -0.480 e. The number of nitrogens with one attached hydrogen (secondary N) is 1. The molecule has 1 amide bonds. The van der Waals surface area contributed by atoms with Crippen molar-refractivity contribution in [3.8, 4) is 11.3 Å². The highest BCUT2D eigenvalue weighted by molar-refractivity contribution is 7.99. The van der Waals surface area contributed by atoms with E-state index in [0.717, 1.165) is 10.2 Å². The summed E-state index contributed by atoms with van der Waals surface area (Å²) < 4.78 is 1.06. The Labute approximate surface area is 154 Å². The first kappa shape index (κ1) is 18.2. The molecule has 1 saturated heterocycles. The molecule has 0 atom stereocenters. The van der Waals surface area contributed by atoms with Crippen LogP contribution in [0.3, 0.4) is 0 Å². The van der Waals surface area contributed by atoms with Gasteiger partial charge in [-0.15, -0.1) is 0 Å². The highest BCUT2D eigenvalue weighted by atomic mass is 32.2. The summed E-state index contributed by atoms with van der Waals surface area (Å²) in [7, 11) is 0. The summed E-state index contributed by atoms with van der Waals surface area (Å²) in [4.78, 5) is 36.1. The molecule has 2 aromatic rings. The number of carbonyl (C=O) groups is 2. The Kier molecular flexibility index (Phi) is 5.41. The number of thioether (sulfide) groups is 1. The lowest BCUT2D eigenvalue weighted by Crippen LogP contribution is -2.57. The molecule has 0 bridgehead atoms. The molecule has 3 rings (SSSR count). The van der Waals surface area contributed by atoms with Gasteiger partial charge in [0, 0.05) is 11.6 Å². The smallest absolute Gasteiger partial charge is 0.329 e. The van der Waals surface area contributed by atoms with Gasteiger partial charge in [-0.05, 0) is 30.4 Å². The molecule has 8 heteroatoms. The SMILES string of the molecule is O=C(Cn1nc(-c2ccccc2)ccc1=O)NC1(C(=O)O)CCSCC1. The van der Waals surface area contributed by atoms with Crippen LogP contribution in [0.5, 0.6) is 0 Å². The van der Waals surface area contributed by atoms with Crippen LogP contribution in [-0.2, 0) is 16.1 Å². The zero-order valence-electron chi connectivity index (χ0n) is 14.1. The summed E-state index contributed by atoms with van der Waals surface area (Å²) in [5.41, 5.74) is -0.278. The fraction of sp³-hybridized carbons (Fsp3) is 0.333. The molecule has 136 valence electrons. The molecule has 0 saturated carbocycles. The molecule has 2 heterocycles. The Bertz CT molecular complexity index is 860. The van der Waals surface area contributed by atoms with E-state index in [-0.39, 0.29) is 6.54 Å². The summed E-state index contributed by atoms with van der Waals surface area (Å²) in [6.07, 6.45) is 0.732. The van der Waals surface area contributed by atoms with E-state index in [1.54, 1.807) is 17.8 Å². The first-order valence-electron chi connectivity index (χ1n) is 8.26. The van der Waals surface area contributed by atoms with E-state index >= 15 is 0 Å². The first-order chi connectivity index (χ1) is 12.5. The van der Waals surface area contributed by atoms with Crippen molar-refractivity contribution in [2.75, 3.05) is 11.5 Å². The molecule has 2 N–H and O–H groups in total. The van der Waals surface area contributed by atoms with E-state index < -0.39 is 23.0 Å². The van der Waals surface area contributed by atoms with Crippen LogP contribution < -0.4 is 10.9 Å². The van der Waals surface area contributed by atoms with Gasteiger partial charge in [-0.25, -0.2) is 9.48 Å². The van der Waals surface area contributed by atoms with Crippen LogP contribution in [0.1, 0.15) is 12.8 Å². The average Bonchev–Trinajstić information content (AvgIpc) is 2.65. The molecule has 1 aromatic heterocycles. The highest BCUT2D eigenvalue weighted by Gasteiger charge is 2.41. The molecule has 26 heavy (non-hydrogen) atoms. The second-order valence-electron chi connectivity index (χ2n) is 6.13. The predicted octanol–water partition coefficient (Wildman–Crippen LogP) is 1.38. The largest absolute Gasteiger partial charge is 0.480 e. The van der Waals surface area contributed by atoms with E-state index in [0.29, 0.717) is 30.0 Å². The molecule has 0 aliphatic carbocycles. The van der Waals surface area contributed by atoms with Crippen molar-refractivity contribution in [3.63, 3.8) is 0 Å². The second kappa shape index (κ2) is 7.74. The fourth-order valence-electron chi connectivity index (χ4n) is 2.88. The number of amides is 1. The third-order valence-electron chi connectivity index (χ3n) is 4.36. The molecular formula is C18H19N3O4S. The Morgan fingerprint density at radius 2 is 1.85 bits per heavy atom. The van der Waals surface area contributed by atoms with Gasteiger partial charge < -0.3 is 10.4 Å². The van der Waals surface area contributed by atoms with Crippen LogP contribution in [0.25, 0.3) is 11.3 Å². The number of aliphatic carboxylic acids is 1. The van der Waals surface area contributed by atoms with Gasteiger partial charge in [-0.1, -0.05) is 30.3 Å². The van der Waals surface area contributed by atoms with Crippen molar-refractivity contribution in [1.82, 2.24) is 15.1 Å². The van der Waals surface area contributed by atoms with E-state index in [1.807, 2.05) is 30.3 Å². The third kappa shape index (κ3) is 3.96. The second-order valence-corrected chi connectivity index (χ2v) is 7.35. The number of nitrogens with zero attached hydrogens (tertiary/aromatic N) is 2. The monoisotopic (exact) mass is 373 g/mol. The Hall–Kier alpha value is -2.61. The number of rotatable bonds is 5. The summed E-state index contributed by atoms with van der Waals surface area (Å²) in [6, 6.07) is 12.3. The number of hydrogen-bond donors (Lipinski definition) is 2. The van der Waals surface area contributed by atoms with Crippen LogP contribution >= 0.6 is 11.8 Å². The average molecular weight is 373 g/mol. The summed E-state index contributed by atoms with van der Waals surface area (Å²) in [5, 5.41) is 16.4. The maximum Gasteiger partial charge on any atom is 0.329 e. The zero-order chi connectivity index (χ0) is 18.6. The van der Waals surface area contributed by atoms with E-state index in [1.165, 1.54) is 6.07 Å². The third-order valence-corrected chi connectivity index (χ3v) is 5.35. The van der Waals surface area contributed by atoms with Crippen molar-refractivity contribution >= 4 is 23.6 Å². The van der Waals surface area contributed by atoms with Crippen LogP contribution in [0, 0.1) is 0 Å². The Morgan fingerprint density at radius 3 is 2.50 bits per heavy atom. The molecule has 1 aliphatic heterocycles. The number of hydrogen-bond acceptors (Lipinski definition) is 5. The molecule has 1 fully saturated rings. The van der Waals surface area contributed by atoms with Crippen LogP contribution in [-0.4, -0.2) is 43.8 Å². The lowest BCUT2D eigenvalue weighted by Gasteiger charge is -2.33.